The molecule has 2 aromatic rings. The van der Waals surface area contributed by atoms with Gasteiger partial charge in [0.05, 0.1) is 9.35 Å². The van der Waals surface area contributed by atoms with Gasteiger partial charge in [0.15, 0.2) is 0 Å². The Bertz CT molecular complexity index is 621. The Labute approximate surface area is 143 Å². The van der Waals surface area contributed by atoms with Gasteiger partial charge in [0.25, 0.3) is 5.91 Å². The van der Waals surface area contributed by atoms with E-state index in [0.29, 0.717) is 0 Å². The minimum absolute atomic E-state index is 0.157. The number of carbonyl (C=O) groups is 1. The van der Waals surface area contributed by atoms with Crippen molar-refractivity contribution in [3.05, 3.63) is 56.7 Å². The van der Waals surface area contributed by atoms with Gasteiger partial charge < -0.3 is 4.90 Å². The minimum Gasteiger partial charge on any atom is -0.336 e. The number of carbonyl (C=O) groups excluding carboxylic acids is 1. The number of halogens is 1. The summed E-state index contributed by atoms with van der Waals surface area (Å²) in [7, 11) is 0. The third-order valence-electron chi connectivity index (χ3n) is 4.03. The summed E-state index contributed by atoms with van der Waals surface area (Å²) >= 11 is 4.98. The Balaban J connectivity index is 1.47. The maximum Gasteiger partial charge on any atom is 0.254 e. The largest absolute Gasteiger partial charge is 0.336 e. The van der Waals surface area contributed by atoms with Gasteiger partial charge in [-0.05, 0) is 34.0 Å². The maximum atomic E-state index is 12.4. The van der Waals surface area contributed by atoms with Crippen LogP contribution in [0.5, 0.6) is 0 Å². The molecule has 2 heterocycles. The average Bonchev–Trinajstić information content (AvgIpc) is 3.00. The predicted molar refractivity (Wildman–Crippen MR) is 94.5 cm³/mol. The minimum atomic E-state index is 0.157. The van der Waals surface area contributed by atoms with Crippen molar-refractivity contribution in [2.24, 2.45) is 0 Å². The standard InChI is InChI=1S/C17H19BrN2OS/c18-16-12-15(13-22-16)17(21)20-10-8-19(9-11-20)7-6-14-4-2-1-3-5-14/h1-5,12-13H,6-11H2. The summed E-state index contributed by atoms with van der Waals surface area (Å²) in [4.78, 5) is 16.8. The predicted octanol–water partition coefficient (Wildman–Crippen LogP) is 3.51. The summed E-state index contributed by atoms with van der Waals surface area (Å²) in [6, 6.07) is 12.5. The number of hydrogen-bond acceptors (Lipinski definition) is 3. The molecule has 116 valence electrons. The number of nitrogens with zero attached hydrogens (tertiary/aromatic N) is 2. The van der Waals surface area contributed by atoms with Crippen LogP contribution in [0.15, 0.2) is 45.6 Å². The van der Waals surface area contributed by atoms with E-state index >= 15 is 0 Å². The molecule has 3 nitrogen and oxygen atoms in total. The molecule has 0 radical (unpaired) electrons. The Kier molecular flexibility index (Phi) is 5.28. The van der Waals surface area contributed by atoms with Gasteiger partial charge >= 0.3 is 0 Å². The Morgan fingerprint density at radius 3 is 2.50 bits per heavy atom. The van der Waals surface area contributed by atoms with E-state index in [0.717, 1.165) is 48.5 Å². The first-order chi connectivity index (χ1) is 10.7. The van der Waals surface area contributed by atoms with Gasteiger partial charge in [0.2, 0.25) is 0 Å². The number of piperazine rings is 1. The van der Waals surface area contributed by atoms with E-state index in [2.05, 4.69) is 51.2 Å². The molecule has 5 heteroatoms. The number of benzene rings is 1. The van der Waals surface area contributed by atoms with Crippen LogP contribution in [0.4, 0.5) is 0 Å². The molecule has 22 heavy (non-hydrogen) atoms. The van der Waals surface area contributed by atoms with E-state index in [1.54, 1.807) is 11.3 Å². The molecule has 0 spiro atoms. The number of rotatable bonds is 4. The quantitative estimate of drug-likeness (QED) is 0.812. The molecule has 0 aliphatic carbocycles. The van der Waals surface area contributed by atoms with Crippen LogP contribution in [0.25, 0.3) is 0 Å². The zero-order chi connectivity index (χ0) is 15.4. The van der Waals surface area contributed by atoms with E-state index in [9.17, 15) is 4.79 Å². The van der Waals surface area contributed by atoms with E-state index in [1.807, 2.05) is 16.3 Å². The van der Waals surface area contributed by atoms with Crippen molar-refractivity contribution in [2.45, 2.75) is 6.42 Å². The fourth-order valence-corrected chi connectivity index (χ4v) is 3.84. The van der Waals surface area contributed by atoms with Crippen LogP contribution >= 0.6 is 27.3 Å². The monoisotopic (exact) mass is 378 g/mol. The highest BCUT2D eigenvalue weighted by Crippen LogP contribution is 2.22. The third-order valence-corrected chi connectivity index (χ3v) is 5.54. The summed E-state index contributed by atoms with van der Waals surface area (Å²) in [6.45, 7) is 4.63. The third kappa shape index (κ3) is 3.97. The van der Waals surface area contributed by atoms with Crippen molar-refractivity contribution in [1.29, 1.82) is 0 Å². The smallest absolute Gasteiger partial charge is 0.254 e. The van der Waals surface area contributed by atoms with E-state index < -0.39 is 0 Å². The summed E-state index contributed by atoms with van der Waals surface area (Å²) in [5.41, 5.74) is 2.18. The first kappa shape index (κ1) is 15.7. The van der Waals surface area contributed by atoms with Crippen molar-refractivity contribution in [3.63, 3.8) is 0 Å². The lowest BCUT2D eigenvalue weighted by Gasteiger charge is -2.34. The van der Waals surface area contributed by atoms with Crippen LogP contribution in [-0.2, 0) is 6.42 Å². The van der Waals surface area contributed by atoms with Crippen molar-refractivity contribution < 1.29 is 4.79 Å². The van der Waals surface area contributed by atoms with Gasteiger partial charge in [0, 0.05) is 38.1 Å². The SMILES string of the molecule is O=C(c1csc(Br)c1)N1CCN(CCc2ccccc2)CC1. The summed E-state index contributed by atoms with van der Waals surface area (Å²) in [5, 5.41) is 1.92. The lowest BCUT2D eigenvalue weighted by atomic mass is 10.1. The van der Waals surface area contributed by atoms with Crippen LogP contribution < -0.4 is 0 Å². The highest BCUT2D eigenvalue weighted by molar-refractivity contribution is 9.11. The molecule has 1 aliphatic heterocycles. The van der Waals surface area contributed by atoms with Gasteiger partial charge in [-0.3, -0.25) is 9.69 Å². The number of thiophene rings is 1. The van der Waals surface area contributed by atoms with Gasteiger partial charge in [-0.25, -0.2) is 0 Å². The molecule has 1 saturated heterocycles. The summed E-state index contributed by atoms with van der Waals surface area (Å²) in [6.07, 6.45) is 1.08. The normalized spacial score (nSPS) is 16.0. The molecule has 0 unspecified atom stereocenters. The Morgan fingerprint density at radius 2 is 1.86 bits per heavy atom. The first-order valence-corrected chi connectivity index (χ1v) is 9.19. The van der Waals surface area contributed by atoms with Gasteiger partial charge in [-0.2, -0.15) is 0 Å². The van der Waals surface area contributed by atoms with Gasteiger partial charge in [-0.15, -0.1) is 11.3 Å². The molecule has 1 aromatic carbocycles. The molecule has 1 amide bonds. The second kappa shape index (κ2) is 7.40. The highest BCUT2D eigenvalue weighted by Gasteiger charge is 2.22. The first-order valence-electron chi connectivity index (χ1n) is 7.52. The molecule has 1 fully saturated rings. The van der Waals surface area contributed by atoms with Gasteiger partial charge in [-0.1, -0.05) is 30.3 Å². The average molecular weight is 379 g/mol. The molecule has 0 saturated carbocycles. The molecule has 0 atom stereocenters. The topological polar surface area (TPSA) is 23.6 Å². The molecule has 0 bridgehead atoms. The summed E-state index contributed by atoms with van der Waals surface area (Å²) < 4.78 is 1.01. The van der Waals surface area contributed by atoms with Crippen molar-refractivity contribution in [1.82, 2.24) is 9.80 Å². The van der Waals surface area contributed by atoms with Crippen molar-refractivity contribution in [3.8, 4) is 0 Å². The zero-order valence-corrected chi connectivity index (χ0v) is 14.8. The van der Waals surface area contributed by atoms with Crippen LogP contribution in [0.1, 0.15) is 15.9 Å². The Hall–Kier alpha value is -1.17. The van der Waals surface area contributed by atoms with Crippen LogP contribution in [0.3, 0.4) is 0 Å². The van der Waals surface area contributed by atoms with Crippen LogP contribution in [0.2, 0.25) is 0 Å². The van der Waals surface area contributed by atoms with E-state index in [4.69, 9.17) is 0 Å². The second-order valence-electron chi connectivity index (χ2n) is 5.51. The highest BCUT2D eigenvalue weighted by atomic mass is 79.9. The van der Waals surface area contributed by atoms with Crippen molar-refractivity contribution in [2.75, 3.05) is 32.7 Å². The molecular weight excluding hydrogens is 360 g/mol. The van der Waals surface area contributed by atoms with E-state index in [1.165, 1.54) is 5.56 Å². The number of hydrogen-bond donors (Lipinski definition) is 0. The zero-order valence-electron chi connectivity index (χ0n) is 12.4. The van der Waals surface area contributed by atoms with Gasteiger partial charge in [0.1, 0.15) is 0 Å². The second-order valence-corrected chi connectivity index (χ2v) is 7.80. The number of amides is 1. The van der Waals surface area contributed by atoms with Crippen LogP contribution in [-0.4, -0.2) is 48.4 Å². The molecule has 1 aliphatic rings. The molecular formula is C17H19BrN2OS. The van der Waals surface area contributed by atoms with E-state index in [-0.39, 0.29) is 5.91 Å². The lowest BCUT2D eigenvalue weighted by Crippen LogP contribution is -2.49. The lowest BCUT2D eigenvalue weighted by molar-refractivity contribution is 0.0639. The molecule has 0 N–H and O–H groups in total. The molecule has 1 aromatic heterocycles. The van der Waals surface area contributed by atoms with Crippen LogP contribution in [0, 0.1) is 0 Å². The van der Waals surface area contributed by atoms with Crippen molar-refractivity contribution >= 4 is 33.2 Å². The summed E-state index contributed by atoms with van der Waals surface area (Å²) in [5.74, 6) is 0.157. The Morgan fingerprint density at radius 1 is 1.14 bits per heavy atom. The fourth-order valence-electron chi connectivity index (χ4n) is 2.71. The fraction of sp³-hybridized carbons (Fsp3) is 0.353. The maximum absolute atomic E-state index is 12.4. The molecule has 3 rings (SSSR count).